The monoisotopic (exact) mass is 224 g/mol. The van der Waals surface area contributed by atoms with E-state index in [1.54, 1.807) is 6.92 Å². The molecule has 16 heavy (non-hydrogen) atoms. The summed E-state index contributed by atoms with van der Waals surface area (Å²) in [5, 5.41) is 0. The van der Waals surface area contributed by atoms with E-state index in [9.17, 15) is 9.18 Å². The van der Waals surface area contributed by atoms with E-state index in [4.69, 9.17) is 9.47 Å². The van der Waals surface area contributed by atoms with Gasteiger partial charge >= 0.3 is 5.97 Å². The van der Waals surface area contributed by atoms with Crippen LogP contribution in [-0.2, 0) is 4.74 Å². The summed E-state index contributed by atoms with van der Waals surface area (Å²) in [6, 6.07) is 3.84. The molecule has 0 unspecified atom stereocenters. The average molecular weight is 224 g/mol. The number of esters is 1. The lowest BCUT2D eigenvalue weighted by molar-refractivity contribution is 0.0526. The second-order valence-corrected chi connectivity index (χ2v) is 2.97. The molecule has 0 aromatic heterocycles. The van der Waals surface area contributed by atoms with Crippen LogP contribution in [-0.4, -0.2) is 19.2 Å². The Bertz CT molecular complexity index is 388. The van der Waals surface area contributed by atoms with Gasteiger partial charge in [0.15, 0.2) is 11.6 Å². The molecule has 0 saturated heterocycles. The zero-order valence-corrected chi connectivity index (χ0v) is 9.03. The Labute approximate surface area is 93.5 Å². The van der Waals surface area contributed by atoms with Crippen LogP contribution in [0.1, 0.15) is 17.3 Å². The molecule has 0 N–H and O–H groups in total. The predicted octanol–water partition coefficient (Wildman–Crippen LogP) is 2.57. The Morgan fingerprint density at radius 2 is 2.31 bits per heavy atom. The van der Waals surface area contributed by atoms with Crippen LogP contribution < -0.4 is 4.74 Å². The van der Waals surface area contributed by atoms with Gasteiger partial charge in [0.25, 0.3) is 0 Å². The van der Waals surface area contributed by atoms with E-state index in [2.05, 4.69) is 6.58 Å². The van der Waals surface area contributed by atoms with E-state index >= 15 is 0 Å². The number of rotatable bonds is 5. The minimum absolute atomic E-state index is 0.0189. The van der Waals surface area contributed by atoms with Gasteiger partial charge in [0.1, 0.15) is 6.61 Å². The fraction of sp³-hybridized carbons (Fsp3) is 0.250. The summed E-state index contributed by atoms with van der Waals surface area (Å²) in [6.07, 6.45) is 1.50. The Balaban J connectivity index is 2.88. The van der Waals surface area contributed by atoms with Gasteiger partial charge in [-0.1, -0.05) is 12.7 Å². The van der Waals surface area contributed by atoms with Gasteiger partial charge < -0.3 is 9.47 Å². The SMILES string of the molecule is C=CCOc1cc(C(=O)OCC)ccc1F. The normalized spacial score (nSPS) is 9.62. The van der Waals surface area contributed by atoms with Gasteiger partial charge in [-0.15, -0.1) is 0 Å². The Morgan fingerprint density at radius 3 is 2.94 bits per heavy atom. The van der Waals surface area contributed by atoms with Crippen molar-refractivity contribution in [1.82, 2.24) is 0 Å². The molecule has 0 aliphatic carbocycles. The highest BCUT2D eigenvalue weighted by atomic mass is 19.1. The van der Waals surface area contributed by atoms with Crippen molar-refractivity contribution in [2.45, 2.75) is 6.92 Å². The highest BCUT2D eigenvalue weighted by Gasteiger charge is 2.10. The van der Waals surface area contributed by atoms with Crippen molar-refractivity contribution in [3.63, 3.8) is 0 Å². The fourth-order valence-electron chi connectivity index (χ4n) is 1.10. The van der Waals surface area contributed by atoms with Crippen LogP contribution in [0.4, 0.5) is 4.39 Å². The molecule has 4 heteroatoms. The standard InChI is InChI=1S/C12H13FO3/c1-3-7-16-11-8-9(5-6-10(11)13)12(14)15-4-2/h3,5-6,8H,1,4,7H2,2H3. The molecule has 86 valence electrons. The molecule has 1 aromatic carbocycles. The van der Waals surface area contributed by atoms with Crippen molar-refractivity contribution in [2.24, 2.45) is 0 Å². The van der Waals surface area contributed by atoms with E-state index in [0.717, 1.165) is 0 Å². The largest absolute Gasteiger partial charge is 0.486 e. The lowest BCUT2D eigenvalue weighted by Gasteiger charge is -2.07. The minimum atomic E-state index is -0.519. The van der Waals surface area contributed by atoms with E-state index < -0.39 is 11.8 Å². The van der Waals surface area contributed by atoms with Crippen LogP contribution in [0.2, 0.25) is 0 Å². The van der Waals surface area contributed by atoms with Gasteiger partial charge in [0.2, 0.25) is 0 Å². The highest BCUT2D eigenvalue weighted by molar-refractivity contribution is 5.89. The minimum Gasteiger partial charge on any atom is -0.486 e. The van der Waals surface area contributed by atoms with E-state index in [-0.39, 0.29) is 24.5 Å². The summed E-state index contributed by atoms with van der Waals surface area (Å²) in [5.41, 5.74) is 0.266. The Hall–Kier alpha value is -1.84. The Morgan fingerprint density at radius 1 is 1.56 bits per heavy atom. The molecule has 0 heterocycles. The van der Waals surface area contributed by atoms with Crippen LogP contribution in [0.5, 0.6) is 5.75 Å². The molecule has 3 nitrogen and oxygen atoms in total. The number of hydrogen-bond acceptors (Lipinski definition) is 3. The number of hydrogen-bond donors (Lipinski definition) is 0. The molecule has 0 aliphatic heterocycles. The number of halogens is 1. The third-order valence-electron chi connectivity index (χ3n) is 1.80. The maximum atomic E-state index is 13.2. The van der Waals surface area contributed by atoms with E-state index in [0.29, 0.717) is 0 Å². The number of benzene rings is 1. The molecular formula is C12H13FO3. The van der Waals surface area contributed by atoms with Crippen LogP contribution >= 0.6 is 0 Å². The van der Waals surface area contributed by atoms with E-state index in [1.807, 2.05) is 0 Å². The number of ether oxygens (including phenoxy) is 2. The first-order valence-corrected chi connectivity index (χ1v) is 4.89. The third-order valence-corrected chi connectivity index (χ3v) is 1.80. The highest BCUT2D eigenvalue weighted by Crippen LogP contribution is 2.19. The summed E-state index contributed by atoms with van der Waals surface area (Å²) in [4.78, 5) is 11.4. The molecular weight excluding hydrogens is 211 g/mol. The van der Waals surface area contributed by atoms with Crippen molar-refractivity contribution < 1.29 is 18.7 Å². The summed E-state index contributed by atoms with van der Waals surface area (Å²) >= 11 is 0. The lowest BCUT2D eigenvalue weighted by Crippen LogP contribution is -2.06. The molecule has 1 aromatic rings. The van der Waals surface area contributed by atoms with Gasteiger partial charge in [-0.3, -0.25) is 0 Å². The van der Waals surface area contributed by atoms with Crippen molar-refractivity contribution in [2.75, 3.05) is 13.2 Å². The molecule has 0 saturated carbocycles. The quantitative estimate of drug-likeness (QED) is 0.569. The zero-order chi connectivity index (χ0) is 12.0. The molecule has 0 bridgehead atoms. The topological polar surface area (TPSA) is 35.5 Å². The summed E-state index contributed by atoms with van der Waals surface area (Å²) in [5.74, 6) is -0.994. The molecule has 0 radical (unpaired) electrons. The predicted molar refractivity (Wildman–Crippen MR) is 58.0 cm³/mol. The van der Waals surface area contributed by atoms with Crippen molar-refractivity contribution >= 4 is 5.97 Å². The van der Waals surface area contributed by atoms with Crippen molar-refractivity contribution in [3.05, 3.63) is 42.2 Å². The second kappa shape index (κ2) is 5.90. The van der Waals surface area contributed by atoms with Gasteiger partial charge in [-0.2, -0.15) is 0 Å². The van der Waals surface area contributed by atoms with Gasteiger partial charge in [-0.25, -0.2) is 9.18 Å². The molecule has 1 rings (SSSR count). The maximum absolute atomic E-state index is 13.2. The molecule has 0 fully saturated rings. The maximum Gasteiger partial charge on any atom is 0.338 e. The van der Waals surface area contributed by atoms with Crippen LogP contribution in [0.15, 0.2) is 30.9 Å². The van der Waals surface area contributed by atoms with Crippen LogP contribution in [0, 0.1) is 5.82 Å². The zero-order valence-electron chi connectivity index (χ0n) is 9.03. The molecule has 0 spiro atoms. The smallest absolute Gasteiger partial charge is 0.338 e. The number of carbonyl (C=O) groups excluding carboxylic acids is 1. The molecule has 0 aliphatic rings. The summed E-state index contributed by atoms with van der Waals surface area (Å²) in [6.45, 7) is 5.62. The summed E-state index contributed by atoms with van der Waals surface area (Å²) in [7, 11) is 0. The van der Waals surface area contributed by atoms with Gasteiger partial charge in [0.05, 0.1) is 12.2 Å². The average Bonchev–Trinajstić information content (AvgIpc) is 2.28. The van der Waals surface area contributed by atoms with Crippen LogP contribution in [0.3, 0.4) is 0 Å². The molecule has 0 atom stereocenters. The Kier molecular flexibility index (Phi) is 4.51. The summed E-state index contributed by atoms with van der Waals surface area (Å²) < 4.78 is 23.1. The lowest BCUT2D eigenvalue weighted by atomic mass is 10.2. The first-order chi connectivity index (χ1) is 7.69. The van der Waals surface area contributed by atoms with Gasteiger partial charge in [-0.05, 0) is 25.1 Å². The second-order valence-electron chi connectivity index (χ2n) is 2.97. The number of carbonyl (C=O) groups is 1. The molecule has 0 amide bonds. The van der Waals surface area contributed by atoms with E-state index in [1.165, 1.54) is 24.3 Å². The van der Waals surface area contributed by atoms with Crippen molar-refractivity contribution in [1.29, 1.82) is 0 Å². The van der Waals surface area contributed by atoms with Crippen molar-refractivity contribution in [3.8, 4) is 5.75 Å². The van der Waals surface area contributed by atoms with Crippen LogP contribution in [0.25, 0.3) is 0 Å². The first-order valence-electron chi connectivity index (χ1n) is 4.89. The fourth-order valence-corrected chi connectivity index (χ4v) is 1.10. The van der Waals surface area contributed by atoms with Gasteiger partial charge in [0, 0.05) is 0 Å². The first kappa shape index (κ1) is 12.2. The third kappa shape index (κ3) is 3.08.